The second-order valence-corrected chi connectivity index (χ2v) is 7.58. The van der Waals surface area contributed by atoms with Crippen molar-refractivity contribution >= 4 is 5.91 Å². The lowest BCUT2D eigenvalue weighted by molar-refractivity contribution is -0.230. The predicted octanol–water partition coefficient (Wildman–Crippen LogP) is 2.71. The molecule has 2 aliphatic rings. The van der Waals surface area contributed by atoms with Crippen LogP contribution in [0.15, 0.2) is 24.3 Å². The zero-order valence-electron chi connectivity index (χ0n) is 14.7. The van der Waals surface area contributed by atoms with Crippen LogP contribution in [0.3, 0.4) is 0 Å². The van der Waals surface area contributed by atoms with Gasteiger partial charge in [0, 0.05) is 31.0 Å². The molecule has 5 heteroatoms. The van der Waals surface area contributed by atoms with Crippen LogP contribution in [0.1, 0.15) is 39.2 Å². The van der Waals surface area contributed by atoms with E-state index in [1.807, 2.05) is 26.8 Å². The van der Waals surface area contributed by atoms with Gasteiger partial charge in [-0.25, -0.2) is 4.39 Å². The van der Waals surface area contributed by atoms with E-state index in [4.69, 9.17) is 10.5 Å². The van der Waals surface area contributed by atoms with E-state index >= 15 is 0 Å². The van der Waals surface area contributed by atoms with Gasteiger partial charge in [-0.05, 0) is 37.5 Å². The summed E-state index contributed by atoms with van der Waals surface area (Å²) in [4.78, 5) is 15.0. The van der Waals surface area contributed by atoms with Gasteiger partial charge >= 0.3 is 0 Å². The number of halogens is 1. The Kier molecular flexibility index (Phi) is 4.43. The third kappa shape index (κ3) is 2.45. The highest BCUT2D eigenvalue weighted by atomic mass is 19.1. The first-order valence-corrected chi connectivity index (χ1v) is 8.76. The molecule has 1 aromatic rings. The molecule has 3 atom stereocenters. The molecule has 3 rings (SSSR count). The molecule has 2 N–H and O–H groups in total. The molecule has 24 heavy (non-hydrogen) atoms. The van der Waals surface area contributed by atoms with E-state index in [2.05, 4.69) is 0 Å². The molecule has 4 nitrogen and oxygen atoms in total. The van der Waals surface area contributed by atoms with Crippen molar-refractivity contribution in [2.75, 3.05) is 13.2 Å². The van der Waals surface area contributed by atoms with Gasteiger partial charge in [0.25, 0.3) is 0 Å². The van der Waals surface area contributed by atoms with Crippen LogP contribution in [-0.4, -0.2) is 35.6 Å². The Labute approximate surface area is 143 Å². The van der Waals surface area contributed by atoms with E-state index in [-0.39, 0.29) is 23.7 Å². The van der Waals surface area contributed by atoms with Gasteiger partial charge in [-0.15, -0.1) is 0 Å². The van der Waals surface area contributed by atoms with E-state index in [0.29, 0.717) is 13.1 Å². The number of rotatable bonds is 4. The van der Waals surface area contributed by atoms with Crippen LogP contribution in [0, 0.1) is 17.2 Å². The fraction of sp³-hybridized carbons (Fsp3) is 0.632. The quantitative estimate of drug-likeness (QED) is 0.921. The Morgan fingerprint density at radius 3 is 2.88 bits per heavy atom. The Bertz CT molecular complexity index is 634. The topological polar surface area (TPSA) is 55.6 Å². The average Bonchev–Trinajstić information content (AvgIpc) is 2.58. The summed E-state index contributed by atoms with van der Waals surface area (Å²) in [5.74, 6) is -0.274. The van der Waals surface area contributed by atoms with Gasteiger partial charge in [0.1, 0.15) is 11.4 Å². The second kappa shape index (κ2) is 6.12. The fourth-order valence-electron chi connectivity index (χ4n) is 4.45. The minimum Gasteiger partial charge on any atom is -0.377 e. The van der Waals surface area contributed by atoms with Crippen LogP contribution in [0.4, 0.5) is 4.39 Å². The molecule has 0 bridgehead atoms. The number of hydrogen-bond acceptors (Lipinski definition) is 3. The predicted molar refractivity (Wildman–Crippen MR) is 90.7 cm³/mol. The number of nitrogens with zero attached hydrogens (tertiary/aromatic N) is 1. The molecule has 0 spiro atoms. The molecule has 132 valence electrons. The Morgan fingerprint density at radius 2 is 2.21 bits per heavy atom. The van der Waals surface area contributed by atoms with Gasteiger partial charge in [0.15, 0.2) is 0 Å². The number of benzene rings is 1. The van der Waals surface area contributed by atoms with Crippen LogP contribution < -0.4 is 5.73 Å². The zero-order valence-corrected chi connectivity index (χ0v) is 14.7. The smallest absolute Gasteiger partial charge is 0.243 e. The first-order chi connectivity index (χ1) is 11.3. The van der Waals surface area contributed by atoms with E-state index in [1.165, 1.54) is 12.1 Å². The zero-order chi connectivity index (χ0) is 17.5. The molecule has 1 amide bonds. The highest BCUT2D eigenvalue weighted by Crippen LogP contribution is 2.58. The molecule has 1 aromatic carbocycles. The summed E-state index contributed by atoms with van der Waals surface area (Å²) in [6, 6.07) is 6.38. The summed E-state index contributed by atoms with van der Waals surface area (Å²) < 4.78 is 19.3. The molecular formula is C19H27FN2O2. The molecule has 1 saturated carbocycles. The molecular weight excluding hydrogens is 307 g/mol. The number of amides is 1. The highest BCUT2D eigenvalue weighted by Gasteiger charge is 2.70. The van der Waals surface area contributed by atoms with E-state index in [1.54, 1.807) is 11.0 Å². The van der Waals surface area contributed by atoms with E-state index in [0.717, 1.165) is 25.0 Å². The lowest BCUT2D eigenvalue weighted by atomic mass is 9.46. The second-order valence-electron chi connectivity index (χ2n) is 7.58. The maximum atomic E-state index is 13.4. The van der Waals surface area contributed by atoms with Crippen LogP contribution in [0.5, 0.6) is 0 Å². The lowest BCUT2D eigenvalue weighted by Crippen LogP contribution is -2.82. The fourth-order valence-corrected chi connectivity index (χ4v) is 4.45. The number of likely N-dealkylation sites (N-methyl/N-ethyl adjacent to an activating group) is 1. The van der Waals surface area contributed by atoms with Crippen LogP contribution in [0.2, 0.25) is 0 Å². The average molecular weight is 334 g/mol. The van der Waals surface area contributed by atoms with E-state index in [9.17, 15) is 9.18 Å². The standard InChI is InChI=1S/C19H27FN2O2/c1-4-22(12-13-7-5-8-14(20)11-13)17(23)19(21)15-9-6-10-24-16(15)18(19,2)3/h5,7-8,11,15-16H,4,6,9-10,12,21H2,1-3H3. The van der Waals surface area contributed by atoms with Gasteiger partial charge in [0.05, 0.1) is 6.10 Å². The lowest BCUT2D eigenvalue weighted by Gasteiger charge is -2.65. The minimum atomic E-state index is -0.915. The summed E-state index contributed by atoms with van der Waals surface area (Å²) in [6.07, 6.45) is 1.92. The number of hydrogen-bond donors (Lipinski definition) is 1. The number of carbonyl (C=O) groups is 1. The van der Waals surface area contributed by atoms with Crippen molar-refractivity contribution in [3.05, 3.63) is 35.6 Å². The van der Waals surface area contributed by atoms with Crippen molar-refractivity contribution in [3.63, 3.8) is 0 Å². The van der Waals surface area contributed by atoms with Crippen molar-refractivity contribution in [1.82, 2.24) is 4.90 Å². The molecule has 0 aromatic heterocycles. The molecule has 1 aliphatic heterocycles. The largest absolute Gasteiger partial charge is 0.377 e. The SMILES string of the molecule is CCN(Cc1cccc(F)c1)C(=O)C1(N)C2CCCOC2C1(C)C. The highest BCUT2D eigenvalue weighted by molar-refractivity contribution is 5.89. The van der Waals surface area contributed by atoms with Crippen molar-refractivity contribution in [3.8, 4) is 0 Å². The normalized spacial score (nSPS) is 31.0. The molecule has 3 unspecified atom stereocenters. The van der Waals surface area contributed by atoms with E-state index < -0.39 is 11.0 Å². The summed E-state index contributed by atoms with van der Waals surface area (Å²) in [5.41, 5.74) is 6.16. The number of carbonyl (C=O) groups excluding carboxylic acids is 1. The van der Waals surface area contributed by atoms with Gasteiger partial charge in [-0.2, -0.15) is 0 Å². The van der Waals surface area contributed by atoms with Crippen LogP contribution >= 0.6 is 0 Å². The maximum absolute atomic E-state index is 13.4. The molecule has 0 radical (unpaired) electrons. The number of ether oxygens (including phenoxy) is 1. The number of nitrogens with two attached hydrogens (primary N) is 1. The minimum absolute atomic E-state index is 0.0491. The molecule has 1 saturated heterocycles. The van der Waals surface area contributed by atoms with Crippen molar-refractivity contribution < 1.29 is 13.9 Å². The summed E-state index contributed by atoms with van der Waals surface area (Å²) in [5, 5.41) is 0. The molecule has 2 fully saturated rings. The third-order valence-corrected chi connectivity index (χ3v) is 5.97. The Balaban J connectivity index is 1.82. The summed E-state index contributed by atoms with van der Waals surface area (Å²) in [6.45, 7) is 7.64. The first kappa shape index (κ1) is 17.4. The first-order valence-electron chi connectivity index (χ1n) is 8.76. The Morgan fingerprint density at radius 1 is 1.46 bits per heavy atom. The molecule has 1 heterocycles. The van der Waals surface area contributed by atoms with Gasteiger partial charge in [-0.1, -0.05) is 26.0 Å². The monoisotopic (exact) mass is 334 g/mol. The van der Waals surface area contributed by atoms with Crippen LogP contribution in [-0.2, 0) is 16.1 Å². The van der Waals surface area contributed by atoms with Crippen molar-refractivity contribution in [1.29, 1.82) is 0 Å². The van der Waals surface area contributed by atoms with Crippen molar-refractivity contribution in [2.45, 2.75) is 51.8 Å². The van der Waals surface area contributed by atoms with Crippen molar-refractivity contribution in [2.24, 2.45) is 17.1 Å². The summed E-state index contributed by atoms with van der Waals surface area (Å²) in [7, 11) is 0. The maximum Gasteiger partial charge on any atom is 0.243 e. The van der Waals surface area contributed by atoms with Crippen LogP contribution in [0.25, 0.3) is 0 Å². The van der Waals surface area contributed by atoms with Gasteiger partial charge < -0.3 is 15.4 Å². The third-order valence-electron chi connectivity index (χ3n) is 5.97. The number of fused-ring (bicyclic) bond motifs is 1. The van der Waals surface area contributed by atoms with Gasteiger partial charge in [-0.3, -0.25) is 4.79 Å². The Hall–Kier alpha value is -1.46. The van der Waals surface area contributed by atoms with Gasteiger partial charge in [0.2, 0.25) is 5.91 Å². The molecule has 1 aliphatic carbocycles. The summed E-state index contributed by atoms with van der Waals surface area (Å²) >= 11 is 0.